The van der Waals surface area contributed by atoms with Crippen molar-refractivity contribution >= 4 is 23.6 Å². The molecule has 0 aromatic heterocycles. The largest absolute Gasteiger partial charge is 0.370 e. The third-order valence-electron chi connectivity index (χ3n) is 6.37. The molecule has 0 aliphatic carbocycles. The van der Waals surface area contributed by atoms with Gasteiger partial charge in [-0.05, 0) is 37.7 Å². The number of hydrogen-bond donors (Lipinski definition) is 4. The number of guanidine groups is 1. The Morgan fingerprint density at radius 1 is 1.24 bits per heavy atom. The Morgan fingerprint density at radius 3 is 2.64 bits per heavy atom. The number of benzene rings is 1. The lowest BCUT2D eigenvalue weighted by molar-refractivity contribution is -0.165. The van der Waals surface area contributed by atoms with Gasteiger partial charge in [-0.3, -0.25) is 24.4 Å². The van der Waals surface area contributed by atoms with Gasteiger partial charge in [-0.1, -0.05) is 37.3 Å². The van der Waals surface area contributed by atoms with Crippen molar-refractivity contribution in [3.63, 3.8) is 0 Å². The van der Waals surface area contributed by atoms with E-state index in [2.05, 4.69) is 10.3 Å². The zero-order chi connectivity index (χ0) is 24.0. The number of hydrazine groups is 1. The van der Waals surface area contributed by atoms with Gasteiger partial charge in [-0.25, -0.2) is 5.01 Å². The first-order chi connectivity index (χ1) is 15.7. The van der Waals surface area contributed by atoms with Crippen molar-refractivity contribution in [2.45, 2.75) is 63.1 Å². The van der Waals surface area contributed by atoms with Crippen LogP contribution in [-0.2, 0) is 20.8 Å². The van der Waals surface area contributed by atoms with Crippen LogP contribution in [0.4, 0.5) is 0 Å². The lowest BCUT2D eigenvalue weighted by Crippen LogP contribution is -2.67. The Morgan fingerprint density at radius 2 is 1.97 bits per heavy atom. The molecule has 2 fully saturated rings. The molecule has 2 aliphatic heterocycles. The standard InChI is InChI=1S/C23H35N7O3/c1-2-19(31)17(9-6-12-27-22(24)25)28-20(32)18-10-13-29-14-11-23(26,21(33)30(18)29)15-16-7-4-3-5-8-16/h3-5,7-8,17-18H,2,6,9-15,26H2,1H3,(H,28,32)(H4,24,25,27)/t17?,18-,23+/m0/s1. The van der Waals surface area contributed by atoms with Gasteiger partial charge in [0.1, 0.15) is 11.6 Å². The fourth-order valence-corrected chi connectivity index (χ4v) is 4.55. The van der Waals surface area contributed by atoms with Gasteiger partial charge in [-0.2, -0.15) is 0 Å². The number of nitrogens with two attached hydrogens (primary N) is 3. The van der Waals surface area contributed by atoms with E-state index in [-0.39, 0.29) is 23.6 Å². The van der Waals surface area contributed by atoms with E-state index in [0.717, 1.165) is 5.56 Å². The topological polar surface area (TPSA) is 160 Å². The van der Waals surface area contributed by atoms with Crippen LogP contribution in [0.1, 0.15) is 44.6 Å². The van der Waals surface area contributed by atoms with Crippen molar-refractivity contribution in [3.8, 4) is 0 Å². The second-order valence-electron chi connectivity index (χ2n) is 8.81. The fourth-order valence-electron chi connectivity index (χ4n) is 4.55. The third-order valence-corrected chi connectivity index (χ3v) is 6.37. The van der Waals surface area contributed by atoms with Crippen LogP contribution in [0.2, 0.25) is 0 Å². The summed E-state index contributed by atoms with van der Waals surface area (Å²) in [7, 11) is 0. The Labute approximate surface area is 194 Å². The van der Waals surface area contributed by atoms with Crippen LogP contribution in [0, 0.1) is 0 Å². The quantitative estimate of drug-likeness (QED) is 0.212. The Kier molecular flexibility index (Phi) is 8.04. The zero-order valence-electron chi connectivity index (χ0n) is 19.2. The first kappa shape index (κ1) is 24.7. The van der Waals surface area contributed by atoms with Crippen LogP contribution >= 0.6 is 0 Å². The van der Waals surface area contributed by atoms with Gasteiger partial charge in [0.05, 0.1) is 6.04 Å². The normalized spacial score (nSPS) is 23.6. The van der Waals surface area contributed by atoms with E-state index in [4.69, 9.17) is 17.2 Å². The maximum Gasteiger partial charge on any atom is 0.258 e. The molecular weight excluding hydrogens is 422 g/mol. The second kappa shape index (κ2) is 10.8. The molecule has 3 rings (SSSR count). The number of Topliss-reactive ketones (excluding diaryl/α,β-unsaturated/α-hetero) is 1. The summed E-state index contributed by atoms with van der Waals surface area (Å²) in [6.45, 7) is 3.34. The minimum Gasteiger partial charge on any atom is -0.370 e. The molecule has 0 bridgehead atoms. The Hall–Kier alpha value is -2.98. The lowest BCUT2D eigenvalue weighted by atomic mass is 9.85. The highest BCUT2D eigenvalue weighted by molar-refractivity contribution is 5.95. The summed E-state index contributed by atoms with van der Waals surface area (Å²) in [6.07, 6.45) is 2.71. The van der Waals surface area contributed by atoms with Gasteiger partial charge >= 0.3 is 0 Å². The molecule has 7 N–H and O–H groups in total. The van der Waals surface area contributed by atoms with Crippen molar-refractivity contribution in [2.24, 2.45) is 22.2 Å². The highest BCUT2D eigenvalue weighted by atomic mass is 16.2. The zero-order valence-corrected chi connectivity index (χ0v) is 19.2. The summed E-state index contributed by atoms with van der Waals surface area (Å²) < 4.78 is 0. The molecule has 180 valence electrons. The highest BCUT2D eigenvalue weighted by Crippen LogP contribution is 2.31. The molecular formula is C23H35N7O3. The molecule has 33 heavy (non-hydrogen) atoms. The number of rotatable bonds is 10. The van der Waals surface area contributed by atoms with E-state index in [1.54, 1.807) is 6.92 Å². The molecule has 0 radical (unpaired) electrons. The van der Waals surface area contributed by atoms with Gasteiger partial charge in [0.15, 0.2) is 11.7 Å². The number of nitrogens with zero attached hydrogens (tertiary/aromatic N) is 3. The summed E-state index contributed by atoms with van der Waals surface area (Å²) in [4.78, 5) is 43.0. The van der Waals surface area contributed by atoms with Gasteiger partial charge in [-0.15, -0.1) is 0 Å². The molecule has 10 nitrogen and oxygen atoms in total. The number of nitrogens with one attached hydrogen (secondary N) is 1. The number of amides is 2. The average Bonchev–Trinajstić information content (AvgIpc) is 3.23. The molecule has 2 aliphatic rings. The predicted octanol–water partition coefficient (Wildman–Crippen LogP) is -0.334. The summed E-state index contributed by atoms with van der Waals surface area (Å²) >= 11 is 0. The van der Waals surface area contributed by atoms with E-state index in [1.165, 1.54) is 5.01 Å². The number of carbonyl (C=O) groups excluding carboxylic acids is 3. The molecule has 0 spiro atoms. The van der Waals surface area contributed by atoms with Crippen molar-refractivity contribution < 1.29 is 14.4 Å². The van der Waals surface area contributed by atoms with E-state index < -0.39 is 17.6 Å². The first-order valence-corrected chi connectivity index (χ1v) is 11.5. The minimum absolute atomic E-state index is 0.00664. The monoisotopic (exact) mass is 457 g/mol. The molecule has 2 amide bonds. The van der Waals surface area contributed by atoms with Crippen molar-refractivity contribution in [3.05, 3.63) is 35.9 Å². The molecule has 2 saturated heterocycles. The van der Waals surface area contributed by atoms with Gasteiger partial charge < -0.3 is 22.5 Å². The third kappa shape index (κ3) is 5.88. The van der Waals surface area contributed by atoms with Crippen LogP contribution < -0.4 is 22.5 Å². The van der Waals surface area contributed by atoms with Crippen LogP contribution in [0.25, 0.3) is 0 Å². The highest BCUT2D eigenvalue weighted by Gasteiger charge is 2.51. The molecule has 1 aromatic rings. The van der Waals surface area contributed by atoms with Crippen LogP contribution in [0.3, 0.4) is 0 Å². The number of carbonyl (C=O) groups is 3. The Balaban J connectivity index is 1.69. The van der Waals surface area contributed by atoms with Crippen molar-refractivity contribution in [2.75, 3.05) is 19.6 Å². The van der Waals surface area contributed by atoms with Gasteiger partial charge in [0.2, 0.25) is 5.91 Å². The fraction of sp³-hybridized carbons (Fsp3) is 0.565. The van der Waals surface area contributed by atoms with Gasteiger partial charge in [0.25, 0.3) is 5.91 Å². The number of hydrogen-bond acceptors (Lipinski definition) is 6. The lowest BCUT2D eigenvalue weighted by Gasteiger charge is -2.44. The predicted molar refractivity (Wildman–Crippen MR) is 126 cm³/mol. The molecule has 0 saturated carbocycles. The SMILES string of the molecule is CCC(=O)C(CCCN=C(N)N)NC(=O)[C@@H]1CCN2CC[C@@](N)(Cc3ccccc3)C(=O)N12. The Bertz CT molecular complexity index is 887. The smallest absolute Gasteiger partial charge is 0.258 e. The molecule has 3 atom stereocenters. The van der Waals surface area contributed by atoms with E-state index in [9.17, 15) is 14.4 Å². The maximum absolute atomic E-state index is 13.5. The molecule has 10 heteroatoms. The number of aliphatic imine (C=N–C) groups is 1. The maximum atomic E-state index is 13.5. The van der Waals surface area contributed by atoms with E-state index >= 15 is 0 Å². The molecule has 1 unspecified atom stereocenters. The van der Waals surface area contributed by atoms with Crippen molar-refractivity contribution in [1.29, 1.82) is 0 Å². The summed E-state index contributed by atoms with van der Waals surface area (Å²) in [5, 5.41) is 6.29. The van der Waals surface area contributed by atoms with Crippen molar-refractivity contribution in [1.82, 2.24) is 15.3 Å². The van der Waals surface area contributed by atoms with E-state index in [0.29, 0.717) is 58.2 Å². The van der Waals surface area contributed by atoms with Crippen LogP contribution in [0.5, 0.6) is 0 Å². The summed E-state index contributed by atoms with van der Waals surface area (Å²) in [5.74, 6) is -0.650. The molecule has 1 aromatic carbocycles. The first-order valence-electron chi connectivity index (χ1n) is 11.5. The number of ketones is 1. The average molecular weight is 458 g/mol. The van der Waals surface area contributed by atoms with E-state index in [1.807, 2.05) is 35.3 Å². The van der Waals surface area contributed by atoms with Crippen LogP contribution in [-0.4, -0.2) is 70.8 Å². The molecule has 2 heterocycles. The minimum atomic E-state index is -1.07. The second-order valence-corrected chi connectivity index (χ2v) is 8.81. The summed E-state index contributed by atoms with van der Waals surface area (Å²) in [6, 6.07) is 8.34. The van der Waals surface area contributed by atoms with Crippen LogP contribution in [0.15, 0.2) is 35.3 Å². The van der Waals surface area contributed by atoms with Gasteiger partial charge in [0, 0.05) is 26.1 Å². The number of fused-ring (bicyclic) bond motifs is 1. The summed E-state index contributed by atoms with van der Waals surface area (Å²) in [5.41, 5.74) is 17.2.